The van der Waals surface area contributed by atoms with E-state index in [0.717, 1.165) is 19.9 Å². The van der Waals surface area contributed by atoms with Crippen LogP contribution in [-0.4, -0.2) is 59.7 Å². The van der Waals surface area contributed by atoms with E-state index >= 15 is 0 Å². The molecule has 23 heavy (non-hydrogen) atoms. The summed E-state index contributed by atoms with van der Waals surface area (Å²) in [5.41, 5.74) is 0. The second kappa shape index (κ2) is 7.35. The van der Waals surface area contributed by atoms with E-state index in [2.05, 4.69) is 0 Å². The third-order valence-corrected chi connectivity index (χ3v) is 4.05. The monoisotopic (exact) mass is 334 g/mol. The average Bonchev–Trinajstić information content (AvgIpc) is 3.08. The topological polar surface area (TPSA) is 56.9 Å². The summed E-state index contributed by atoms with van der Waals surface area (Å²) in [5.74, 6) is -0.112. The first-order valence-electron chi connectivity index (χ1n) is 7.52. The summed E-state index contributed by atoms with van der Waals surface area (Å²) in [6, 6.07) is 3.31. The molecule has 0 bridgehead atoms. The highest BCUT2D eigenvalue weighted by molar-refractivity contribution is 5.78. The zero-order chi connectivity index (χ0) is 17.0. The number of aliphatic hydroxyl groups excluding tert-OH is 1. The van der Waals surface area contributed by atoms with Crippen LogP contribution in [-0.2, 0) is 4.79 Å². The van der Waals surface area contributed by atoms with Crippen molar-refractivity contribution >= 4 is 5.91 Å². The first kappa shape index (κ1) is 17.8. The molecule has 130 valence electrons. The largest absolute Gasteiger partial charge is 0.467 e. The fourth-order valence-electron chi connectivity index (χ4n) is 2.88. The van der Waals surface area contributed by atoms with Crippen LogP contribution in [0.2, 0.25) is 0 Å². The van der Waals surface area contributed by atoms with Crippen LogP contribution in [0.1, 0.15) is 31.1 Å². The van der Waals surface area contributed by atoms with E-state index in [1.165, 1.54) is 6.26 Å². The van der Waals surface area contributed by atoms with Gasteiger partial charge in [-0.15, -0.1) is 0 Å². The van der Waals surface area contributed by atoms with Gasteiger partial charge in [0.1, 0.15) is 18.4 Å². The van der Waals surface area contributed by atoms with Crippen molar-refractivity contribution in [1.29, 1.82) is 0 Å². The minimum Gasteiger partial charge on any atom is -0.467 e. The number of aliphatic hydroxyl groups is 1. The zero-order valence-electron chi connectivity index (χ0n) is 12.9. The van der Waals surface area contributed by atoms with Gasteiger partial charge < -0.3 is 14.4 Å². The Labute approximate surface area is 132 Å². The number of likely N-dealkylation sites (tertiary alicyclic amines) is 1. The Balaban J connectivity index is 1.87. The number of alkyl halides is 3. The molecule has 1 aliphatic heterocycles. The Bertz CT molecular complexity index is 505. The van der Waals surface area contributed by atoms with Crippen molar-refractivity contribution in [1.82, 2.24) is 9.80 Å². The van der Waals surface area contributed by atoms with Crippen molar-refractivity contribution in [3.8, 4) is 0 Å². The lowest BCUT2D eigenvalue weighted by atomic mass is 10.1. The Morgan fingerprint density at radius 3 is 2.91 bits per heavy atom. The van der Waals surface area contributed by atoms with Gasteiger partial charge in [-0.25, -0.2) is 0 Å². The molecular weight excluding hydrogens is 313 g/mol. The van der Waals surface area contributed by atoms with Crippen LogP contribution in [0, 0.1) is 0 Å². The highest BCUT2D eigenvalue weighted by atomic mass is 19.4. The summed E-state index contributed by atoms with van der Waals surface area (Å²) in [7, 11) is 1.15. The molecule has 1 aromatic heterocycles. The van der Waals surface area contributed by atoms with Gasteiger partial charge >= 0.3 is 6.18 Å². The minimum atomic E-state index is -4.40. The lowest BCUT2D eigenvalue weighted by Gasteiger charge is -2.27. The molecule has 5 nitrogen and oxygen atoms in total. The molecule has 2 atom stereocenters. The number of furan rings is 1. The maximum absolute atomic E-state index is 12.3. The Kier molecular flexibility index (Phi) is 5.69. The van der Waals surface area contributed by atoms with E-state index in [0.29, 0.717) is 23.6 Å². The van der Waals surface area contributed by atoms with Crippen LogP contribution in [0.3, 0.4) is 0 Å². The number of likely N-dealkylation sites (N-methyl/N-ethyl adjacent to an activating group) is 1. The van der Waals surface area contributed by atoms with Gasteiger partial charge in [0.25, 0.3) is 0 Å². The van der Waals surface area contributed by atoms with Gasteiger partial charge in [-0.05, 0) is 37.9 Å². The van der Waals surface area contributed by atoms with E-state index in [1.54, 1.807) is 12.1 Å². The molecule has 2 rings (SSSR count). The summed E-state index contributed by atoms with van der Waals surface area (Å²) < 4.78 is 42.2. The molecular formula is C15H21F3N2O3. The van der Waals surface area contributed by atoms with Gasteiger partial charge in [0.05, 0.1) is 12.8 Å². The maximum Gasteiger partial charge on any atom is 0.406 e. The van der Waals surface area contributed by atoms with Crippen LogP contribution < -0.4 is 0 Å². The fraction of sp³-hybridized carbons (Fsp3) is 0.667. The molecule has 8 heteroatoms. The molecule has 0 saturated carbocycles. The fourth-order valence-corrected chi connectivity index (χ4v) is 2.88. The summed E-state index contributed by atoms with van der Waals surface area (Å²) in [5, 5.41) is 10.1. The average molecular weight is 334 g/mol. The second-order valence-electron chi connectivity index (χ2n) is 5.90. The predicted molar refractivity (Wildman–Crippen MR) is 76.6 cm³/mol. The number of amides is 1. The lowest BCUT2D eigenvalue weighted by Crippen LogP contribution is -2.44. The number of hydrogen-bond donors (Lipinski definition) is 1. The van der Waals surface area contributed by atoms with Crippen molar-refractivity contribution in [3.63, 3.8) is 0 Å². The second-order valence-corrected chi connectivity index (χ2v) is 5.90. The van der Waals surface area contributed by atoms with Crippen molar-refractivity contribution in [2.45, 2.75) is 37.6 Å². The van der Waals surface area contributed by atoms with Gasteiger partial charge in [0.2, 0.25) is 5.91 Å². The van der Waals surface area contributed by atoms with Crippen molar-refractivity contribution in [3.05, 3.63) is 24.2 Å². The molecule has 0 aliphatic carbocycles. The molecule has 1 amide bonds. The summed E-state index contributed by atoms with van der Waals surface area (Å²) >= 11 is 0. The highest BCUT2D eigenvalue weighted by Crippen LogP contribution is 2.27. The van der Waals surface area contributed by atoms with Gasteiger partial charge in [0.15, 0.2) is 0 Å². The number of carbonyl (C=O) groups is 1. The smallest absolute Gasteiger partial charge is 0.406 e. The minimum absolute atomic E-state index is 0.0432. The molecule has 0 radical (unpaired) electrons. The van der Waals surface area contributed by atoms with Gasteiger partial charge in [-0.2, -0.15) is 13.2 Å². The molecule has 1 N–H and O–H groups in total. The molecule has 2 unspecified atom stereocenters. The zero-order valence-corrected chi connectivity index (χ0v) is 12.9. The normalized spacial score (nSPS) is 20.7. The molecule has 1 saturated heterocycles. The molecule has 1 fully saturated rings. The van der Waals surface area contributed by atoms with Gasteiger partial charge in [-0.1, -0.05) is 0 Å². The molecule has 1 aromatic rings. The number of hydrogen-bond acceptors (Lipinski definition) is 4. The van der Waals surface area contributed by atoms with Crippen LogP contribution in [0.15, 0.2) is 22.8 Å². The quantitative estimate of drug-likeness (QED) is 0.866. The number of carbonyl (C=O) groups excluding carboxylic acids is 1. The number of nitrogens with zero attached hydrogens (tertiary/aromatic N) is 2. The molecule has 1 aliphatic rings. The molecule has 2 heterocycles. The molecule has 0 spiro atoms. The van der Waals surface area contributed by atoms with Crippen LogP contribution in [0.5, 0.6) is 0 Å². The first-order chi connectivity index (χ1) is 10.8. The Hall–Kier alpha value is -1.54. The lowest BCUT2D eigenvalue weighted by molar-refractivity contribution is -0.159. The summed E-state index contributed by atoms with van der Waals surface area (Å²) in [6.07, 6.45) is -1.66. The SMILES string of the molecule is CN(CC(F)(F)F)C(=O)CN1CCCC1CC(O)c1ccco1. The third-order valence-electron chi connectivity index (χ3n) is 4.05. The highest BCUT2D eigenvalue weighted by Gasteiger charge is 2.34. The Morgan fingerprint density at radius 2 is 2.30 bits per heavy atom. The van der Waals surface area contributed by atoms with Gasteiger partial charge in [0, 0.05) is 13.1 Å². The summed E-state index contributed by atoms with van der Waals surface area (Å²) in [4.78, 5) is 14.5. The van der Waals surface area contributed by atoms with Crippen LogP contribution in [0.25, 0.3) is 0 Å². The van der Waals surface area contributed by atoms with Crippen LogP contribution in [0.4, 0.5) is 13.2 Å². The molecule has 0 aromatic carbocycles. The van der Waals surface area contributed by atoms with E-state index < -0.39 is 24.7 Å². The summed E-state index contributed by atoms with van der Waals surface area (Å²) in [6.45, 7) is -0.678. The van der Waals surface area contributed by atoms with E-state index in [4.69, 9.17) is 4.42 Å². The number of halogens is 3. The van der Waals surface area contributed by atoms with Crippen molar-refractivity contribution < 1.29 is 27.5 Å². The van der Waals surface area contributed by atoms with Crippen LogP contribution >= 0.6 is 0 Å². The van der Waals surface area contributed by atoms with Crippen molar-refractivity contribution in [2.75, 3.05) is 26.7 Å². The van der Waals surface area contributed by atoms with Gasteiger partial charge in [-0.3, -0.25) is 9.69 Å². The number of rotatable bonds is 6. The predicted octanol–water partition coefficient (Wildman–Crippen LogP) is 2.19. The maximum atomic E-state index is 12.3. The van der Waals surface area contributed by atoms with E-state index in [1.807, 2.05) is 4.90 Å². The van der Waals surface area contributed by atoms with E-state index in [9.17, 15) is 23.1 Å². The van der Waals surface area contributed by atoms with Crippen molar-refractivity contribution in [2.24, 2.45) is 0 Å². The third kappa shape index (κ3) is 5.24. The standard InChI is InChI=1S/C15H21F3N2O3/c1-19(10-15(16,17)18)14(22)9-20-6-2-4-11(20)8-12(21)13-5-3-7-23-13/h3,5,7,11-12,21H,2,4,6,8-10H2,1H3. The Morgan fingerprint density at radius 1 is 1.57 bits per heavy atom. The first-order valence-corrected chi connectivity index (χ1v) is 7.52. The van der Waals surface area contributed by atoms with E-state index in [-0.39, 0.29) is 12.6 Å².